The number of anilines is 1. The average molecular weight is 401 g/mol. The van der Waals surface area contributed by atoms with Crippen LogP contribution in [0.2, 0.25) is 0 Å². The van der Waals surface area contributed by atoms with Crippen LogP contribution in [-0.2, 0) is 11.2 Å². The number of aromatic nitrogens is 2. The lowest BCUT2D eigenvalue weighted by Crippen LogP contribution is -2.35. The van der Waals surface area contributed by atoms with Crippen molar-refractivity contribution < 1.29 is 4.79 Å². The predicted molar refractivity (Wildman–Crippen MR) is 116 cm³/mol. The summed E-state index contributed by atoms with van der Waals surface area (Å²) in [6, 6.07) is 8.55. The molecule has 1 aromatic heterocycles. The summed E-state index contributed by atoms with van der Waals surface area (Å²) in [5.41, 5.74) is 2.51. The Kier molecular flexibility index (Phi) is 7.83. The van der Waals surface area contributed by atoms with Gasteiger partial charge in [-0.2, -0.15) is 4.37 Å². The number of hydrogen-bond acceptors (Lipinski definition) is 5. The molecule has 0 atom stereocenters. The maximum Gasteiger partial charge on any atom is 0.222 e. The quantitative estimate of drug-likeness (QED) is 0.615. The van der Waals surface area contributed by atoms with E-state index in [1.54, 1.807) is 0 Å². The Morgan fingerprint density at radius 1 is 1.07 bits per heavy atom. The second-order valence-corrected chi connectivity index (χ2v) is 8.42. The van der Waals surface area contributed by atoms with E-state index in [9.17, 15) is 4.79 Å². The zero-order valence-electron chi connectivity index (χ0n) is 17.2. The maximum absolute atomic E-state index is 12.5. The normalized spacial score (nSPS) is 14.9. The smallest absolute Gasteiger partial charge is 0.222 e. The van der Waals surface area contributed by atoms with Crippen LogP contribution in [0.15, 0.2) is 24.3 Å². The van der Waals surface area contributed by atoms with Crippen LogP contribution in [0.3, 0.4) is 0 Å². The van der Waals surface area contributed by atoms with E-state index in [0.29, 0.717) is 12.3 Å². The van der Waals surface area contributed by atoms with E-state index in [4.69, 9.17) is 4.98 Å². The first-order valence-electron chi connectivity index (χ1n) is 10.6. The van der Waals surface area contributed by atoms with Crippen molar-refractivity contribution in [1.82, 2.24) is 14.3 Å². The second kappa shape index (κ2) is 10.6. The first kappa shape index (κ1) is 20.8. The van der Waals surface area contributed by atoms with Crippen LogP contribution in [0.25, 0.3) is 0 Å². The molecule has 1 fully saturated rings. The molecule has 3 rings (SSSR count). The number of benzene rings is 1. The summed E-state index contributed by atoms with van der Waals surface area (Å²) in [6.45, 7) is 7.74. The van der Waals surface area contributed by atoms with Crippen LogP contribution in [0.5, 0.6) is 0 Å². The molecule has 0 saturated carbocycles. The fraction of sp³-hybridized carbons (Fsp3) is 0.591. The molecule has 1 aromatic carbocycles. The molecule has 1 aliphatic rings. The van der Waals surface area contributed by atoms with Gasteiger partial charge >= 0.3 is 0 Å². The number of amides is 1. The van der Waals surface area contributed by atoms with Gasteiger partial charge in [0, 0.05) is 50.6 Å². The van der Waals surface area contributed by atoms with Crippen molar-refractivity contribution in [1.29, 1.82) is 0 Å². The van der Waals surface area contributed by atoms with Crippen LogP contribution in [0.1, 0.15) is 62.4 Å². The molecule has 1 amide bonds. The van der Waals surface area contributed by atoms with Gasteiger partial charge in [0.05, 0.1) is 0 Å². The minimum atomic E-state index is 0.315. The average Bonchev–Trinajstić information content (AvgIpc) is 3.01. The summed E-state index contributed by atoms with van der Waals surface area (Å²) in [5.74, 6) is 1.20. The molecule has 0 aliphatic carbocycles. The molecule has 1 saturated heterocycles. The fourth-order valence-corrected chi connectivity index (χ4v) is 4.29. The summed E-state index contributed by atoms with van der Waals surface area (Å²) < 4.78 is 4.56. The van der Waals surface area contributed by atoms with Gasteiger partial charge in [-0.3, -0.25) is 4.79 Å². The highest BCUT2D eigenvalue weighted by atomic mass is 32.1. The molecule has 1 aliphatic heterocycles. The zero-order chi connectivity index (χ0) is 19.8. The highest BCUT2D eigenvalue weighted by Gasteiger charge is 2.21. The van der Waals surface area contributed by atoms with Gasteiger partial charge in [-0.25, -0.2) is 4.98 Å². The molecule has 0 bridgehead atoms. The Balaban J connectivity index is 1.50. The zero-order valence-corrected chi connectivity index (χ0v) is 18.0. The number of aryl methyl sites for hydroxylation is 1. The van der Waals surface area contributed by atoms with E-state index >= 15 is 0 Å². The SMILES string of the molecule is CCCCCCC(=O)N1CCCN(c2nc(Cc3ccc(C)cc3)ns2)CC1. The van der Waals surface area contributed by atoms with Crippen molar-refractivity contribution in [3.8, 4) is 0 Å². The summed E-state index contributed by atoms with van der Waals surface area (Å²) in [5, 5.41) is 0.986. The number of carbonyl (C=O) groups is 1. The Morgan fingerprint density at radius 2 is 1.89 bits per heavy atom. The standard InChI is InChI=1S/C22H32N4OS/c1-3-4-5-6-8-21(27)25-13-7-14-26(16-15-25)22-23-20(24-28-22)17-19-11-9-18(2)10-12-19/h9-12H,3-8,13-17H2,1-2H3. The minimum Gasteiger partial charge on any atom is -0.345 e. The molecule has 0 unspecified atom stereocenters. The molecule has 6 heteroatoms. The Morgan fingerprint density at radius 3 is 2.68 bits per heavy atom. The number of rotatable bonds is 8. The van der Waals surface area contributed by atoms with Crippen LogP contribution < -0.4 is 4.90 Å². The van der Waals surface area contributed by atoms with Crippen LogP contribution >= 0.6 is 11.5 Å². The molecule has 2 heterocycles. The van der Waals surface area contributed by atoms with E-state index in [2.05, 4.69) is 47.4 Å². The number of carbonyl (C=O) groups excluding carboxylic acids is 1. The summed E-state index contributed by atoms with van der Waals surface area (Å²) >= 11 is 1.48. The fourth-order valence-electron chi connectivity index (χ4n) is 3.55. The third-order valence-electron chi connectivity index (χ3n) is 5.30. The second-order valence-electron chi connectivity index (χ2n) is 7.69. The van der Waals surface area contributed by atoms with Crippen molar-refractivity contribution in [3.05, 3.63) is 41.2 Å². The third-order valence-corrected chi connectivity index (χ3v) is 6.12. The Hall–Kier alpha value is -1.95. The maximum atomic E-state index is 12.5. The largest absolute Gasteiger partial charge is 0.345 e. The van der Waals surface area contributed by atoms with Gasteiger partial charge in [-0.05, 0) is 25.3 Å². The number of nitrogens with zero attached hydrogens (tertiary/aromatic N) is 4. The highest BCUT2D eigenvalue weighted by molar-refractivity contribution is 7.09. The van der Waals surface area contributed by atoms with E-state index in [-0.39, 0.29) is 0 Å². The summed E-state index contributed by atoms with van der Waals surface area (Å²) in [7, 11) is 0. The molecule has 0 radical (unpaired) electrons. The summed E-state index contributed by atoms with van der Waals surface area (Å²) in [4.78, 5) is 21.6. The van der Waals surface area contributed by atoms with E-state index in [0.717, 1.165) is 62.8 Å². The van der Waals surface area contributed by atoms with Crippen molar-refractivity contribution in [2.75, 3.05) is 31.1 Å². The van der Waals surface area contributed by atoms with Crippen molar-refractivity contribution in [2.45, 2.75) is 58.8 Å². The van der Waals surface area contributed by atoms with Crippen molar-refractivity contribution >= 4 is 22.6 Å². The van der Waals surface area contributed by atoms with E-state index < -0.39 is 0 Å². The van der Waals surface area contributed by atoms with Gasteiger partial charge in [-0.15, -0.1) is 0 Å². The number of hydrogen-bond donors (Lipinski definition) is 0. The van der Waals surface area contributed by atoms with Crippen molar-refractivity contribution in [3.63, 3.8) is 0 Å². The Labute approximate surface area is 172 Å². The molecular formula is C22H32N4OS. The van der Waals surface area contributed by atoms with Gasteiger partial charge < -0.3 is 9.80 Å². The first-order chi connectivity index (χ1) is 13.7. The van der Waals surface area contributed by atoms with Gasteiger partial charge in [0.1, 0.15) is 5.82 Å². The van der Waals surface area contributed by atoms with E-state index in [1.807, 2.05) is 4.90 Å². The van der Waals surface area contributed by atoms with Crippen LogP contribution in [0, 0.1) is 6.92 Å². The summed E-state index contributed by atoms with van der Waals surface area (Å²) in [6.07, 6.45) is 7.08. The third kappa shape index (κ3) is 6.03. The molecule has 0 N–H and O–H groups in total. The van der Waals surface area contributed by atoms with Crippen molar-refractivity contribution in [2.24, 2.45) is 0 Å². The van der Waals surface area contributed by atoms with Crippen LogP contribution in [0.4, 0.5) is 5.13 Å². The van der Waals surface area contributed by atoms with Gasteiger partial charge in [0.2, 0.25) is 11.0 Å². The molecule has 28 heavy (non-hydrogen) atoms. The Bertz CT molecular complexity index is 743. The molecule has 152 valence electrons. The highest BCUT2D eigenvalue weighted by Crippen LogP contribution is 2.21. The van der Waals surface area contributed by atoms with E-state index in [1.165, 1.54) is 35.5 Å². The van der Waals surface area contributed by atoms with Gasteiger partial charge in [0.25, 0.3) is 0 Å². The van der Waals surface area contributed by atoms with Crippen LogP contribution in [-0.4, -0.2) is 46.3 Å². The molecule has 2 aromatic rings. The lowest BCUT2D eigenvalue weighted by atomic mass is 10.1. The molecular weight excluding hydrogens is 368 g/mol. The predicted octanol–water partition coefficient (Wildman–Crippen LogP) is 4.45. The molecule has 5 nitrogen and oxygen atoms in total. The van der Waals surface area contributed by atoms with Gasteiger partial charge in [0.15, 0.2) is 0 Å². The topological polar surface area (TPSA) is 49.3 Å². The van der Waals surface area contributed by atoms with Gasteiger partial charge in [-0.1, -0.05) is 56.0 Å². The molecule has 0 spiro atoms. The lowest BCUT2D eigenvalue weighted by Gasteiger charge is -2.21. The monoisotopic (exact) mass is 400 g/mol. The number of unbranched alkanes of at least 4 members (excludes halogenated alkanes) is 3. The lowest BCUT2D eigenvalue weighted by molar-refractivity contribution is -0.131. The minimum absolute atomic E-state index is 0.315. The first-order valence-corrected chi connectivity index (χ1v) is 11.3.